The molecule has 3 rings (SSSR count). The zero-order valence-corrected chi connectivity index (χ0v) is 15.5. The monoisotopic (exact) mass is 376 g/mol. The number of carbonyl (C=O) groups is 2. The van der Waals surface area contributed by atoms with Gasteiger partial charge >= 0.3 is 0 Å². The van der Waals surface area contributed by atoms with Crippen molar-refractivity contribution in [2.45, 2.75) is 12.1 Å². The van der Waals surface area contributed by atoms with Gasteiger partial charge in [0.25, 0.3) is 11.1 Å². The number of piperazine rings is 1. The number of rotatable bonds is 5. The number of carbonyl (C=O) groups excluding carboxylic acids is 2. The molecule has 9 heteroatoms. The van der Waals surface area contributed by atoms with Crippen LogP contribution in [-0.4, -0.2) is 70.9 Å². The Labute approximate surface area is 155 Å². The Bertz CT molecular complexity index is 787. The van der Waals surface area contributed by atoms with Crippen molar-refractivity contribution in [2.75, 3.05) is 39.0 Å². The molecule has 0 N–H and O–H groups in total. The fraction of sp³-hybridized carbons (Fsp3) is 0.412. The lowest BCUT2D eigenvalue weighted by Gasteiger charge is -2.34. The number of aryl methyl sites for hydroxylation is 1. The molecule has 0 bridgehead atoms. The molecule has 1 aliphatic heterocycles. The van der Waals surface area contributed by atoms with Gasteiger partial charge in [0, 0.05) is 38.7 Å². The van der Waals surface area contributed by atoms with E-state index < -0.39 is 0 Å². The summed E-state index contributed by atoms with van der Waals surface area (Å²) in [6.07, 6.45) is 0. The maximum Gasteiger partial charge on any atom is 0.277 e. The third-order valence-corrected chi connectivity index (χ3v) is 4.87. The summed E-state index contributed by atoms with van der Waals surface area (Å²) in [6, 6.07) is 7.09. The number of hydrogen-bond donors (Lipinski definition) is 0. The Balaban J connectivity index is 1.50. The minimum Gasteiger partial charge on any atom is -0.497 e. The van der Waals surface area contributed by atoms with Crippen molar-refractivity contribution < 1.29 is 18.7 Å². The van der Waals surface area contributed by atoms with Crippen molar-refractivity contribution in [3.63, 3.8) is 0 Å². The van der Waals surface area contributed by atoms with Gasteiger partial charge in [0.2, 0.25) is 11.8 Å². The summed E-state index contributed by atoms with van der Waals surface area (Å²) in [5.41, 5.74) is 0.589. The fourth-order valence-corrected chi connectivity index (χ4v) is 3.36. The SMILES string of the molecule is COc1cccc(C(=O)N2CCN(C(=O)CSc3nnc(C)o3)CC2)c1. The van der Waals surface area contributed by atoms with E-state index in [1.165, 1.54) is 11.8 Å². The van der Waals surface area contributed by atoms with Crippen molar-refractivity contribution in [3.05, 3.63) is 35.7 Å². The van der Waals surface area contributed by atoms with Gasteiger partial charge < -0.3 is 19.0 Å². The number of methoxy groups -OCH3 is 1. The summed E-state index contributed by atoms with van der Waals surface area (Å²) in [5, 5.41) is 7.98. The lowest BCUT2D eigenvalue weighted by Crippen LogP contribution is -2.51. The Kier molecular flexibility index (Phi) is 5.77. The Morgan fingerprint density at radius 2 is 1.92 bits per heavy atom. The van der Waals surface area contributed by atoms with E-state index in [0.29, 0.717) is 48.6 Å². The number of ether oxygens (including phenoxy) is 1. The maximum atomic E-state index is 12.6. The van der Waals surface area contributed by atoms with Crippen LogP contribution in [0.3, 0.4) is 0 Å². The van der Waals surface area contributed by atoms with Crippen LogP contribution in [-0.2, 0) is 4.79 Å². The van der Waals surface area contributed by atoms with Crippen LogP contribution in [0.5, 0.6) is 5.75 Å². The molecule has 0 unspecified atom stereocenters. The summed E-state index contributed by atoms with van der Waals surface area (Å²) >= 11 is 1.23. The molecule has 2 aromatic rings. The minimum absolute atomic E-state index is 0.000618. The van der Waals surface area contributed by atoms with Gasteiger partial charge in [-0.25, -0.2) is 0 Å². The number of thioether (sulfide) groups is 1. The molecule has 0 atom stereocenters. The van der Waals surface area contributed by atoms with Gasteiger partial charge in [-0.3, -0.25) is 9.59 Å². The van der Waals surface area contributed by atoms with Gasteiger partial charge in [-0.2, -0.15) is 0 Å². The van der Waals surface area contributed by atoms with E-state index in [9.17, 15) is 9.59 Å². The molecular weight excluding hydrogens is 356 g/mol. The molecule has 1 aromatic heterocycles. The van der Waals surface area contributed by atoms with E-state index in [0.717, 1.165) is 0 Å². The van der Waals surface area contributed by atoms with E-state index in [-0.39, 0.29) is 17.6 Å². The molecule has 0 saturated carbocycles. The summed E-state index contributed by atoms with van der Waals surface area (Å²) in [5.74, 6) is 1.32. The van der Waals surface area contributed by atoms with Crippen molar-refractivity contribution in [1.29, 1.82) is 0 Å². The summed E-state index contributed by atoms with van der Waals surface area (Å²) in [7, 11) is 1.57. The van der Waals surface area contributed by atoms with E-state index in [2.05, 4.69) is 10.2 Å². The quantitative estimate of drug-likeness (QED) is 0.730. The van der Waals surface area contributed by atoms with Gasteiger partial charge in [-0.05, 0) is 18.2 Å². The van der Waals surface area contributed by atoms with Crippen LogP contribution in [0.1, 0.15) is 16.2 Å². The number of nitrogens with zero attached hydrogens (tertiary/aromatic N) is 4. The topological polar surface area (TPSA) is 88.8 Å². The van der Waals surface area contributed by atoms with Gasteiger partial charge in [0.05, 0.1) is 12.9 Å². The van der Waals surface area contributed by atoms with Gasteiger partial charge in [0.15, 0.2) is 0 Å². The molecule has 1 aliphatic rings. The zero-order chi connectivity index (χ0) is 18.5. The van der Waals surface area contributed by atoms with Crippen molar-refractivity contribution in [2.24, 2.45) is 0 Å². The van der Waals surface area contributed by atoms with Crippen molar-refractivity contribution in [1.82, 2.24) is 20.0 Å². The van der Waals surface area contributed by atoms with Gasteiger partial charge in [-0.15, -0.1) is 10.2 Å². The highest BCUT2D eigenvalue weighted by Gasteiger charge is 2.25. The Morgan fingerprint density at radius 3 is 2.58 bits per heavy atom. The number of hydrogen-bond acceptors (Lipinski definition) is 7. The highest BCUT2D eigenvalue weighted by atomic mass is 32.2. The second-order valence-corrected chi connectivity index (χ2v) is 6.71. The molecule has 1 fully saturated rings. The predicted octanol–water partition coefficient (Wildman–Crippen LogP) is 1.46. The van der Waals surface area contributed by atoms with Crippen LogP contribution in [0.15, 0.2) is 33.9 Å². The second-order valence-electron chi connectivity index (χ2n) is 5.78. The molecule has 2 amide bonds. The first-order chi connectivity index (χ1) is 12.6. The van der Waals surface area contributed by atoms with Crippen LogP contribution in [0, 0.1) is 6.92 Å². The van der Waals surface area contributed by atoms with E-state index in [4.69, 9.17) is 9.15 Å². The Hall–Kier alpha value is -2.55. The molecule has 2 heterocycles. The van der Waals surface area contributed by atoms with E-state index >= 15 is 0 Å². The minimum atomic E-state index is -0.0493. The molecule has 1 aromatic carbocycles. The first-order valence-electron chi connectivity index (χ1n) is 8.21. The summed E-state index contributed by atoms with van der Waals surface area (Å²) in [6.45, 7) is 3.74. The van der Waals surface area contributed by atoms with E-state index in [1.807, 2.05) is 0 Å². The average molecular weight is 376 g/mol. The van der Waals surface area contributed by atoms with Gasteiger partial charge in [-0.1, -0.05) is 17.8 Å². The smallest absolute Gasteiger partial charge is 0.277 e. The Morgan fingerprint density at radius 1 is 1.19 bits per heavy atom. The van der Waals surface area contributed by atoms with Crippen LogP contribution < -0.4 is 4.74 Å². The number of benzene rings is 1. The lowest BCUT2D eigenvalue weighted by atomic mass is 10.1. The van der Waals surface area contributed by atoms with Crippen LogP contribution in [0.25, 0.3) is 0 Å². The predicted molar refractivity (Wildman–Crippen MR) is 95.2 cm³/mol. The lowest BCUT2D eigenvalue weighted by molar-refractivity contribution is -0.129. The van der Waals surface area contributed by atoms with Crippen molar-refractivity contribution >= 4 is 23.6 Å². The molecule has 8 nitrogen and oxygen atoms in total. The molecule has 138 valence electrons. The van der Waals surface area contributed by atoms with Crippen LogP contribution in [0.4, 0.5) is 0 Å². The van der Waals surface area contributed by atoms with E-state index in [1.54, 1.807) is 48.1 Å². The number of aromatic nitrogens is 2. The largest absolute Gasteiger partial charge is 0.497 e. The fourth-order valence-electron chi connectivity index (χ4n) is 2.65. The number of amides is 2. The highest BCUT2D eigenvalue weighted by molar-refractivity contribution is 7.99. The summed E-state index contributed by atoms with van der Waals surface area (Å²) < 4.78 is 10.4. The molecular formula is C17H20N4O4S. The highest BCUT2D eigenvalue weighted by Crippen LogP contribution is 2.18. The van der Waals surface area contributed by atoms with Crippen LogP contribution in [0.2, 0.25) is 0 Å². The normalized spacial score (nSPS) is 14.4. The molecule has 0 aliphatic carbocycles. The third-order valence-electron chi connectivity index (χ3n) is 4.06. The molecule has 0 radical (unpaired) electrons. The maximum absolute atomic E-state index is 12.6. The van der Waals surface area contributed by atoms with Crippen LogP contribution >= 0.6 is 11.8 Å². The second kappa shape index (κ2) is 8.22. The first kappa shape index (κ1) is 18.2. The average Bonchev–Trinajstić information content (AvgIpc) is 3.11. The standard InChI is InChI=1S/C17H20N4O4S/c1-12-18-19-17(25-12)26-11-15(22)20-6-8-21(9-7-20)16(23)13-4-3-5-14(10-13)24-2/h3-5,10H,6-9,11H2,1-2H3. The third kappa shape index (κ3) is 4.34. The first-order valence-corrected chi connectivity index (χ1v) is 9.19. The molecule has 0 spiro atoms. The van der Waals surface area contributed by atoms with Gasteiger partial charge in [0.1, 0.15) is 5.75 Å². The molecule has 26 heavy (non-hydrogen) atoms. The zero-order valence-electron chi connectivity index (χ0n) is 14.7. The molecule has 1 saturated heterocycles. The van der Waals surface area contributed by atoms with Crippen molar-refractivity contribution in [3.8, 4) is 5.75 Å². The summed E-state index contributed by atoms with van der Waals surface area (Å²) in [4.78, 5) is 28.4.